The molecular formula is C18H14N4O4S. The maximum Gasteiger partial charge on any atom is 0.359 e. The summed E-state index contributed by atoms with van der Waals surface area (Å²) in [4.78, 5) is 41.0. The van der Waals surface area contributed by atoms with Crippen LogP contribution in [0.15, 0.2) is 34.4 Å². The highest BCUT2D eigenvalue weighted by Gasteiger charge is 2.25. The maximum atomic E-state index is 12.4. The number of thiazole rings is 1. The van der Waals surface area contributed by atoms with Crippen molar-refractivity contribution in [1.29, 1.82) is 5.26 Å². The molecule has 2 heterocycles. The number of benzene rings is 1. The van der Waals surface area contributed by atoms with Crippen LogP contribution in [0.2, 0.25) is 0 Å². The Morgan fingerprint density at radius 2 is 2.04 bits per heavy atom. The van der Waals surface area contributed by atoms with Crippen LogP contribution >= 0.6 is 11.3 Å². The van der Waals surface area contributed by atoms with E-state index in [-0.39, 0.29) is 11.3 Å². The second-order valence-corrected chi connectivity index (χ2v) is 6.64. The number of fused-ring (bicyclic) bond motifs is 1. The standard InChI is InChI=1S/C18H14N4O4S/c1-10-9-27-16(20-10)13(7-19)14(23)8-26-18(25)15-11-5-3-4-6-12(11)17(24)22(2)21-15/h3-6,9,13H,8H2,1-2H3/t13-/m0/s1. The average Bonchev–Trinajstić information content (AvgIpc) is 3.09. The zero-order valence-electron chi connectivity index (χ0n) is 14.5. The van der Waals surface area contributed by atoms with Crippen LogP contribution in [0.25, 0.3) is 10.8 Å². The molecule has 0 unspecified atom stereocenters. The van der Waals surface area contributed by atoms with Crippen molar-refractivity contribution in [2.75, 3.05) is 6.61 Å². The summed E-state index contributed by atoms with van der Waals surface area (Å²) in [5.41, 5.74) is 0.293. The summed E-state index contributed by atoms with van der Waals surface area (Å²) in [5, 5.41) is 16.0. The van der Waals surface area contributed by atoms with Crippen molar-refractivity contribution in [3.63, 3.8) is 0 Å². The zero-order chi connectivity index (χ0) is 19.6. The molecule has 0 amide bonds. The van der Waals surface area contributed by atoms with E-state index in [9.17, 15) is 19.6 Å². The Morgan fingerprint density at radius 3 is 2.67 bits per heavy atom. The van der Waals surface area contributed by atoms with E-state index in [2.05, 4.69) is 10.1 Å². The molecule has 0 radical (unpaired) electrons. The van der Waals surface area contributed by atoms with E-state index >= 15 is 0 Å². The molecule has 0 saturated heterocycles. The van der Waals surface area contributed by atoms with Gasteiger partial charge in [-0.3, -0.25) is 9.59 Å². The van der Waals surface area contributed by atoms with Crippen molar-refractivity contribution in [3.05, 3.63) is 56.4 Å². The van der Waals surface area contributed by atoms with Crippen LogP contribution in [-0.2, 0) is 16.6 Å². The number of esters is 1. The number of hydrogen-bond acceptors (Lipinski definition) is 8. The molecule has 3 rings (SSSR count). The molecule has 1 atom stereocenters. The topological polar surface area (TPSA) is 115 Å². The second kappa shape index (κ2) is 7.47. The smallest absolute Gasteiger partial charge is 0.359 e. The van der Waals surface area contributed by atoms with Gasteiger partial charge in [0, 0.05) is 23.5 Å². The number of ether oxygens (including phenoxy) is 1. The highest BCUT2D eigenvalue weighted by molar-refractivity contribution is 7.09. The minimum absolute atomic E-state index is 0.0703. The van der Waals surface area contributed by atoms with E-state index in [0.717, 1.165) is 4.68 Å². The van der Waals surface area contributed by atoms with E-state index in [1.165, 1.54) is 18.4 Å². The van der Waals surface area contributed by atoms with E-state index in [1.807, 2.05) is 6.07 Å². The van der Waals surface area contributed by atoms with E-state index in [4.69, 9.17) is 4.74 Å². The largest absolute Gasteiger partial charge is 0.453 e. The first kappa shape index (κ1) is 18.4. The molecule has 8 nitrogen and oxygen atoms in total. The van der Waals surface area contributed by atoms with E-state index in [0.29, 0.717) is 21.5 Å². The monoisotopic (exact) mass is 382 g/mol. The molecule has 27 heavy (non-hydrogen) atoms. The quantitative estimate of drug-likeness (QED) is 0.617. The number of ketones is 1. The van der Waals surface area contributed by atoms with Gasteiger partial charge < -0.3 is 4.74 Å². The van der Waals surface area contributed by atoms with Crippen LogP contribution in [0.1, 0.15) is 27.1 Å². The molecule has 0 aliphatic heterocycles. The van der Waals surface area contributed by atoms with Gasteiger partial charge in [-0.15, -0.1) is 11.3 Å². The summed E-state index contributed by atoms with van der Waals surface area (Å²) >= 11 is 1.20. The Kier molecular flexibility index (Phi) is 5.09. The highest BCUT2D eigenvalue weighted by Crippen LogP contribution is 2.21. The first-order valence-corrected chi connectivity index (χ1v) is 8.78. The Bertz CT molecular complexity index is 1140. The lowest BCUT2D eigenvalue weighted by Crippen LogP contribution is -2.25. The third kappa shape index (κ3) is 3.61. The van der Waals surface area contributed by atoms with Crippen LogP contribution in [0.3, 0.4) is 0 Å². The van der Waals surface area contributed by atoms with Gasteiger partial charge in [-0.25, -0.2) is 14.5 Å². The summed E-state index contributed by atoms with van der Waals surface area (Å²) in [6.07, 6.45) is 0. The first-order valence-electron chi connectivity index (χ1n) is 7.90. The minimum atomic E-state index is -1.10. The van der Waals surface area contributed by atoms with Gasteiger partial charge in [0.1, 0.15) is 5.01 Å². The summed E-state index contributed by atoms with van der Waals surface area (Å²) in [6.45, 7) is 1.17. The third-order valence-corrected chi connectivity index (χ3v) is 4.86. The SMILES string of the molecule is Cc1csc([C@@H](C#N)C(=O)COC(=O)c2nn(C)c(=O)c3ccccc23)n1. The number of rotatable bonds is 5. The van der Waals surface area contributed by atoms with Crippen molar-refractivity contribution in [2.24, 2.45) is 7.05 Å². The van der Waals surface area contributed by atoms with Crippen molar-refractivity contribution in [3.8, 4) is 6.07 Å². The molecule has 0 fully saturated rings. The lowest BCUT2D eigenvalue weighted by atomic mass is 10.1. The van der Waals surface area contributed by atoms with Gasteiger partial charge in [-0.05, 0) is 13.0 Å². The van der Waals surface area contributed by atoms with Crippen LogP contribution in [0, 0.1) is 18.3 Å². The first-order chi connectivity index (χ1) is 12.9. The summed E-state index contributed by atoms with van der Waals surface area (Å²) in [6, 6.07) is 8.40. The molecule has 136 valence electrons. The van der Waals surface area contributed by atoms with Crippen LogP contribution in [-0.4, -0.2) is 33.1 Å². The van der Waals surface area contributed by atoms with Gasteiger partial charge in [0.2, 0.25) is 0 Å². The normalized spacial score (nSPS) is 11.7. The Labute approximate surface area is 157 Å². The van der Waals surface area contributed by atoms with E-state index < -0.39 is 24.3 Å². The average molecular weight is 382 g/mol. The fraction of sp³-hybridized carbons (Fsp3) is 0.222. The van der Waals surface area contributed by atoms with Gasteiger partial charge in [0.05, 0.1) is 11.5 Å². The lowest BCUT2D eigenvalue weighted by molar-refractivity contribution is -0.122. The maximum absolute atomic E-state index is 12.4. The molecule has 3 aromatic rings. The molecule has 0 spiro atoms. The van der Waals surface area contributed by atoms with Crippen LogP contribution < -0.4 is 5.56 Å². The molecule has 0 saturated carbocycles. The number of aromatic nitrogens is 3. The number of aryl methyl sites for hydroxylation is 2. The fourth-order valence-corrected chi connectivity index (χ4v) is 3.37. The molecule has 0 aliphatic rings. The predicted molar refractivity (Wildman–Crippen MR) is 97.5 cm³/mol. The van der Waals surface area contributed by atoms with Gasteiger partial charge in [-0.2, -0.15) is 10.4 Å². The number of hydrogen-bond donors (Lipinski definition) is 0. The molecule has 0 aliphatic carbocycles. The van der Waals surface area contributed by atoms with Crippen molar-refractivity contribution < 1.29 is 14.3 Å². The zero-order valence-corrected chi connectivity index (χ0v) is 15.3. The number of carbonyl (C=O) groups is 2. The Balaban J connectivity index is 1.81. The molecule has 2 aromatic heterocycles. The van der Waals surface area contributed by atoms with Crippen LogP contribution in [0.4, 0.5) is 0 Å². The van der Waals surface area contributed by atoms with Crippen molar-refractivity contribution in [2.45, 2.75) is 12.8 Å². The summed E-state index contributed by atoms with van der Waals surface area (Å²) in [7, 11) is 1.42. The molecule has 9 heteroatoms. The van der Waals surface area contributed by atoms with Crippen molar-refractivity contribution in [1.82, 2.24) is 14.8 Å². The fourth-order valence-electron chi connectivity index (χ4n) is 2.51. The lowest BCUT2D eigenvalue weighted by Gasteiger charge is -2.09. The molecular weight excluding hydrogens is 368 g/mol. The molecule has 0 N–H and O–H groups in total. The highest BCUT2D eigenvalue weighted by atomic mass is 32.1. The third-order valence-electron chi connectivity index (χ3n) is 3.83. The van der Waals surface area contributed by atoms with Gasteiger partial charge >= 0.3 is 5.97 Å². The van der Waals surface area contributed by atoms with E-state index in [1.54, 1.807) is 36.6 Å². The Morgan fingerprint density at radius 1 is 1.33 bits per heavy atom. The summed E-state index contributed by atoms with van der Waals surface area (Å²) < 4.78 is 6.10. The predicted octanol–water partition coefficient (Wildman–Crippen LogP) is 1.73. The number of nitrogens with zero attached hydrogens (tertiary/aromatic N) is 4. The number of nitriles is 1. The molecule has 1 aromatic carbocycles. The second-order valence-electron chi connectivity index (χ2n) is 5.75. The summed E-state index contributed by atoms with van der Waals surface area (Å²) in [5.74, 6) is -2.52. The Hall–Kier alpha value is -3.38. The minimum Gasteiger partial charge on any atom is -0.453 e. The molecule has 0 bridgehead atoms. The van der Waals surface area contributed by atoms with Gasteiger partial charge in [0.25, 0.3) is 5.56 Å². The van der Waals surface area contributed by atoms with Crippen molar-refractivity contribution >= 4 is 33.9 Å². The number of Topliss-reactive ketones (excluding diaryl/α,β-unsaturated/α-hetero) is 1. The van der Waals surface area contributed by atoms with Gasteiger partial charge in [-0.1, -0.05) is 18.2 Å². The van der Waals surface area contributed by atoms with Crippen LogP contribution in [0.5, 0.6) is 0 Å². The van der Waals surface area contributed by atoms with Gasteiger partial charge in [0.15, 0.2) is 24.0 Å². The number of carbonyl (C=O) groups excluding carboxylic acids is 2.